The minimum absolute atomic E-state index is 0.0189. The summed E-state index contributed by atoms with van der Waals surface area (Å²) < 4.78 is 25.2. The Morgan fingerprint density at radius 2 is 1.96 bits per heavy atom. The van der Waals surface area contributed by atoms with Gasteiger partial charge in [-0.3, -0.25) is 4.79 Å². The molecule has 2 fully saturated rings. The molecule has 1 unspecified atom stereocenters. The molecule has 2 amide bonds. The van der Waals surface area contributed by atoms with E-state index in [1.165, 1.54) is 6.07 Å². The third-order valence-corrected chi connectivity index (χ3v) is 4.61. The van der Waals surface area contributed by atoms with Crippen molar-refractivity contribution in [3.63, 3.8) is 0 Å². The fraction of sp³-hybridized carbons (Fsp3) is 0.529. The van der Waals surface area contributed by atoms with E-state index in [2.05, 4.69) is 0 Å². The zero-order valence-electron chi connectivity index (χ0n) is 13.6. The fourth-order valence-electron chi connectivity index (χ4n) is 3.03. The topological polar surface area (TPSA) is 55.8 Å². The molecule has 1 aliphatic heterocycles. The Kier molecular flexibility index (Phi) is 4.67. The van der Waals surface area contributed by atoms with Crippen LogP contribution in [0.3, 0.4) is 0 Å². The van der Waals surface area contributed by atoms with Crippen LogP contribution in [0.25, 0.3) is 0 Å². The van der Waals surface area contributed by atoms with Crippen LogP contribution in [0.2, 0.25) is 5.02 Å². The molecular weight excluding hydrogens is 337 g/mol. The van der Waals surface area contributed by atoms with Crippen molar-refractivity contribution in [2.75, 3.05) is 4.90 Å². The fourth-order valence-corrected chi connectivity index (χ4v) is 3.23. The van der Waals surface area contributed by atoms with Crippen LogP contribution in [-0.4, -0.2) is 24.2 Å². The van der Waals surface area contributed by atoms with Gasteiger partial charge in [0, 0.05) is 6.07 Å². The number of carbonyl (C=O) groups is 2. The Morgan fingerprint density at radius 1 is 1.29 bits per heavy atom. The van der Waals surface area contributed by atoms with Gasteiger partial charge in [0.2, 0.25) is 0 Å². The van der Waals surface area contributed by atoms with Crippen LogP contribution < -0.4 is 9.64 Å². The molecule has 0 bridgehead atoms. The number of cyclic esters (lactones) is 1. The highest BCUT2D eigenvalue weighted by atomic mass is 35.5. The van der Waals surface area contributed by atoms with Crippen LogP contribution >= 0.6 is 11.6 Å². The monoisotopic (exact) mass is 355 g/mol. The number of hydrogen-bond acceptors (Lipinski definition) is 4. The van der Waals surface area contributed by atoms with Crippen LogP contribution in [0, 0.1) is 11.7 Å². The Hall–Kier alpha value is -1.82. The molecule has 1 aliphatic carbocycles. The summed E-state index contributed by atoms with van der Waals surface area (Å²) in [7, 11) is 0. The second-order valence-electron chi connectivity index (χ2n) is 6.48. The normalized spacial score (nSPS) is 21.7. The van der Waals surface area contributed by atoms with Crippen LogP contribution in [0.1, 0.15) is 39.5 Å². The number of imide groups is 1. The first-order chi connectivity index (χ1) is 11.4. The largest absolute Gasteiger partial charge is 0.489 e. The number of rotatable bonds is 4. The summed E-state index contributed by atoms with van der Waals surface area (Å²) in [5.74, 6) is -1.28. The minimum Gasteiger partial charge on any atom is -0.489 e. The van der Waals surface area contributed by atoms with E-state index in [4.69, 9.17) is 21.1 Å². The maximum Gasteiger partial charge on any atom is 0.422 e. The number of amides is 2. The summed E-state index contributed by atoms with van der Waals surface area (Å²) in [6.45, 7) is 3.51. The molecule has 0 radical (unpaired) electrons. The van der Waals surface area contributed by atoms with Gasteiger partial charge >= 0.3 is 6.09 Å². The predicted molar refractivity (Wildman–Crippen MR) is 86.9 cm³/mol. The van der Waals surface area contributed by atoms with Gasteiger partial charge in [-0.25, -0.2) is 14.1 Å². The number of halogens is 2. The molecular formula is C17H19ClFNO4. The molecule has 0 aromatic heterocycles. The van der Waals surface area contributed by atoms with E-state index >= 15 is 0 Å². The first-order valence-corrected chi connectivity index (χ1v) is 8.46. The number of carbonyl (C=O) groups excluding carboxylic acids is 2. The number of hydrogen-bond donors (Lipinski definition) is 0. The highest BCUT2D eigenvalue weighted by Crippen LogP contribution is 2.37. The summed E-state index contributed by atoms with van der Waals surface area (Å²) in [5.41, 5.74) is -0.189. The zero-order valence-corrected chi connectivity index (χ0v) is 14.3. The predicted octanol–water partition coefficient (Wildman–Crippen LogP) is 4.31. The van der Waals surface area contributed by atoms with Gasteiger partial charge < -0.3 is 9.47 Å². The number of ether oxygens (including phenoxy) is 2. The molecule has 0 N–H and O–H groups in total. The summed E-state index contributed by atoms with van der Waals surface area (Å²) in [6.07, 6.45) is 2.18. The SMILES string of the molecule is CC(C)C1OC(=O)N(c2cc(OC3CCCC3)c(Cl)cc2F)C1=O. The van der Waals surface area contributed by atoms with Crippen molar-refractivity contribution >= 4 is 29.3 Å². The average Bonchev–Trinajstić information content (AvgIpc) is 3.11. The summed E-state index contributed by atoms with van der Waals surface area (Å²) in [5, 5.41) is 0.114. The lowest BCUT2D eigenvalue weighted by Gasteiger charge is -2.18. The highest BCUT2D eigenvalue weighted by molar-refractivity contribution is 6.32. The maximum atomic E-state index is 14.3. The molecule has 3 rings (SSSR count). The van der Waals surface area contributed by atoms with E-state index in [1.807, 2.05) is 0 Å². The van der Waals surface area contributed by atoms with Crippen molar-refractivity contribution in [1.29, 1.82) is 0 Å². The van der Waals surface area contributed by atoms with Crippen LogP contribution in [0.4, 0.5) is 14.9 Å². The lowest BCUT2D eigenvalue weighted by Crippen LogP contribution is -2.34. The van der Waals surface area contributed by atoms with Gasteiger partial charge in [-0.2, -0.15) is 0 Å². The quantitative estimate of drug-likeness (QED) is 0.807. The first kappa shape index (κ1) is 17.0. The Bertz CT molecular complexity index is 673. The van der Waals surface area contributed by atoms with Crippen molar-refractivity contribution in [2.45, 2.75) is 51.7 Å². The summed E-state index contributed by atoms with van der Waals surface area (Å²) in [6, 6.07) is 2.36. The lowest BCUT2D eigenvalue weighted by atomic mass is 10.1. The van der Waals surface area contributed by atoms with Crippen LogP contribution in [-0.2, 0) is 9.53 Å². The number of benzene rings is 1. The highest BCUT2D eigenvalue weighted by Gasteiger charge is 2.44. The van der Waals surface area contributed by atoms with Crippen molar-refractivity contribution in [2.24, 2.45) is 5.92 Å². The first-order valence-electron chi connectivity index (χ1n) is 8.08. The minimum atomic E-state index is -0.910. The molecule has 0 spiro atoms. The molecule has 2 aliphatic rings. The molecule has 1 heterocycles. The molecule has 1 saturated carbocycles. The number of anilines is 1. The van der Waals surface area contributed by atoms with Crippen molar-refractivity contribution in [3.05, 3.63) is 23.0 Å². The number of nitrogens with zero attached hydrogens (tertiary/aromatic N) is 1. The van der Waals surface area contributed by atoms with Gasteiger partial charge in [0.25, 0.3) is 5.91 Å². The van der Waals surface area contributed by atoms with Crippen molar-refractivity contribution in [1.82, 2.24) is 0 Å². The second kappa shape index (κ2) is 6.59. The van der Waals surface area contributed by atoms with Gasteiger partial charge in [-0.05, 0) is 37.7 Å². The van der Waals surface area contributed by atoms with Crippen LogP contribution in [0.5, 0.6) is 5.75 Å². The van der Waals surface area contributed by atoms with E-state index in [1.54, 1.807) is 13.8 Å². The maximum absolute atomic E-state index is 14.3. The summed E-state index contributed by atoms with van der Waals surface area (Å²) >= 11 is 6.05. The zero-order chi connectivity index (χ0) is 17.4. The summed E-state index contributed by atoms with van der Waals surface area (Å²) in [4.78, 5) is 25.1. The van der Waals surface area contributed by atoms with Crippen LogP contribution in [0.15, 0.2) is 12.1 Å². The van der Waals surface area contributed by atoms with Crippen molar-refractivity contribution in [3.8, 4) is 5.75 Å². The standard InChI is InChI=1S/C17H19ClFNO4/c1-9(2)15-16(21)20(17(22)24-15)13-8-14(11(18)7-12(13)19)23-10-5-3-4-6-10/h7-10,15H,3-6H2,1-2H3. The Balaban J connectivity index is 1.92. The van der Waals surface area contributed by atoms with Crippen molar-refractivity contribution < 1.29 is 23.5 Å². The molecule has 1 aromatic rings. The molecule has 130 valence electrons. The van der Waals surface area contributed by atoms with Gasteiger partial charge in [0.1, 0.15) is 11.6 Å². The van der Waals surface area contributed by atoms with Gasteiger partial charge in [0.05, 0.1) is 16.8 Å². The Labute approximate surface area is 144 Å². The van der Waals surface area contributed by atoms with E-state index in [0.717, 1.165) is 36.6 Å². The van der Waals surface area contributed by atoms with Gasteiger partial charge in [-0.15, -0.1) is 0 Å². The smallest absolute Gasteiger partial charge is 0.422 e. The molecule has 1 aromatic carbocycles. The van der Waals surface area contributed by atoms with E-state index in [9.17, 15) is 14.0 Å². The average molecular weight is 356 g/mol. The molecule has 1 atom stereocenters. The third kappa shape index (κ3) is 3.07. The second-order valence-corrected chi connectivity index (χ2v) is 6.89. The molecule has 5 nitrogen and oxygen atoms in total. The van der Waals surface area contributed by atoms with E-state index < -0.39 is 23.9 Å². The van der Waals surface area contributed by atoms with E-state index in [-0.39, 0.29) is 28.5 Å². The van der Waals surface area contributed by atoms with Gasteiger partial charge in [-0.1, -0.05) is 25.4 Å². The molecule has 24 heavy (non-hydrogen) atoms. The third-order valence-electron chi connectivity index (χ3n) is 4.32. The molecule has 1 saturated heterocycles. The van der Waals surface area contributed by atoms with E-state index in [0.29, 0.717) is 0 Å². The Morgan fingerprint density at radius 3 is 2.54 bits per heavy atom. The lowest BCUT2D eigenvalue weighted by molar-refractivity contribution is -0.123. The molecule has 7 heteroatoms. The van der Waals surface area contributed by atoms with Gasteiger partial charge in [0.15, 0.2) is 6.10 Å².